The molecular weight excluding hydrogens is 402 g/mol. The zero-order valence-electron chi connectivity index (χ0n) is 17.7. The lowest BCUT2D eigenvalue weighted by molar-refractivity contribution is -0.109. The molecule has 0 amide bonds. The van der Waals surface area contributed by atoms with Gasteiger partial charge in [-0.1, -0.05) is 17.7 Å². The summed E-state index contributed by atoms with van der Waals surface area (Å²) < 4.78 is 5.59. The highest BCUT2D eigenvalue weighted by atomic mass is 16.5. The average molecular weight is 428 g/mol. The first-order valence-corrected chi connectivity index (χ1v) is 10.2. The number of carbonyl (C=O) groups is 1. The minimum atomic E-state index is -0.0125. The van der Waals surface area contributed by atoms with Crippen LogP contribution in [0.4, 0.5) is 17.3 Å². The van der Waals surface area contributed by atoms with E-state index in [-0.39, 0.29) is 8.03 Å². The van der Waals surface area contributed by atoms with Crippen molar-refractivity contribution in [3.63, 3.8) is 0 Å². The van der Waals surface area contributed by atoms with Crippen molar-refractivity contribution in [2.75, 3.05) is 17.2 Å². The van der Waals surface area contributed by atoms with E-state index < -0.39 is 0 Å². The van der Waals surface area contributed by atoms with Crippen LogP contribution < -0.4 is 15.4 Å². The number of nitrogens with zero attached hydrogens (tertiary/aromatic N) is 3. The molecule has 2 aromatic heterocycles. The van der Waals surface area contributed by atoms with Crippen molar-refractivity contribution in [3.8, 4) is 17.0 Å². The van der Waals surface area contributed by atoms with E-state index in [0.29, 0.717) is 18.2 Å². The van der Waals surface area contributed by atoms with Crippen molar-refractivity contribution < 1.29 is 11.0 Å². The minimum Gasteiger partial charge on any atom is -0.484 e. The van der Waals surface area contributed by atoms with Gasteiger partial charge in [-0.25, -0.2) is 9.97 Å². The van der Waals surface area contributed by atoms with Crippen LogP contribution in [0, 0.1) is 6.92 Å². The minimum absolute atomic E-state index is 0. The maximum absolute atomic E-state index is 10.8. The molecule has 0 fully saturated rings. The Bertz CT molecular complexity index is 1190. The molecule has 7 nitrogen and oxygen atoms in total. The number of nitrogens with one attached hydrogen (secondary N) is 2. The molecule has 0 aliphatic carbocycles. The van der Waals surface area contributed by atoms with Crippen LogP contribution in [0.5, 0.6) is 5.75 Å². The smallest absolute Gasteiger partial charge is 0.227 e. The van der Waals surface area contributed by atoms with Gasteiger partial charge in [-0.3, -0.25) is 9.78 Å². The van der Waals surface area contributed by atoms with Gasteiger partial charge in [0.05, 0.1) is 11.4 Å². The first-order chi connectivity index (χ1) is 15.7. The third kappa shape index (κ3) is 5.46. The van der Waals surface area contributed by atoms with Gasteiger partial charge in [0.25, 0.3) is 0 Å². The maximum atomic E-state index is 10.8. The monoisotopic (exact) mass is 427 g/mol. The highest BCUT2D eigenvalue weighted by molar-refractivity contribution is 5.71. The summed E-state index contributed by atoms with van der Waals surface area (Å²) in [6.45, 7) is 2.62. The van der Waals surface area contributed by atoms with Gasteiger partial charge in [-0.2, -0.15) is 0 Å². The first kappa shape index (κ1) is 21.0. The second-order valence-electron chi connectivity index (χ2n) is 7.15. The molecular formula is C25H25N5O2. The lowest BCUT2D eigenvalue weighted by Gasteiger charge is -2.14. The van der Waals surface area contributed by atoms with Crippen LogP contribution >= 0.6 is 0 Å². The van der Waals surface area contributed by atoms with Gasteiger partial charge in [-0.15, -0.1) is 0 Å². The number of aryl methyl sites for hydroxylation is 1. The van der Waals surface area contributed by atoms with Crippen molar-refractivity contribution >= 4 is 23.6 Å². The van der Waals surface area contributed by atoms with Crippen LogP contribution in [0.2, 0.25) is 0 Å². The highest BCUT2D eigenvalue weighted by Gasteiger charge is 2.09. The second kappa shape index (κ2) is 10.2. The molecule has 32 heavy (non-hydrogen) atoms. The van der Waals surface area contributed by atoms with Gasteiger partial charge in [0, 0.05) is 37.8 Å². The van der Waals surface area contributed by atoms with Crippen LogP contribution in [0.15, 0.2) is 79.3 Å². The van der Waals surface area contributed by atoms with Crippen LogP contribution in [0.25, 0.3) is 11.3 Å². The molecule has 0 aliphatic heterocycles. The zero-order chi connectivity index (χ0) is 22.2. The van der Waals surface area contributed by atoms with Crippen molar-refractivity contribution in [1.82, 2.24) is 15.0 Å². The van der Waals surface area contributed by atoms with Gasteiger partial charge in [-0.05, 0) is 61.0 Å². The van der Waals surface area contributed by atoms with Crippen LogP contribution in [0.1, 0.15) is 12.6 Å². The van der Waals surface area contributed by atoms with E-state index in [0.717, 1.165) is 34.5 Å². The Kier molecular flexibility index (Phi) is 6.67. The molecule has 0 saturated heterocycles. The van der Waals surface area contributed by atoms with E-state index in [1.54, 1.807) is 18.6 Å². The lowest BCUT2D eigenvalue weighted by atomic mass is 10.1. The number of pyridine rings is 1. The van der Waals surface area contributed by atoms with E-state index in [9.17, 15) is 4.79 Å². The van der Waals surface area contributed by atoms with Gasteiger partial charge < -0.3 is 15.4 Å². The van der Waals surface area contributed by atoms with Gasteiger partial charge in [0.2, 0.25) is 5.95 Å². The molecule has 0 aliphatic rings. The zero-order valence-corrected chi connectivity index (χ0v) is 17.7. The van der Waals surface area contributed by atoms with Crippen molar-refractivity contribution in [2.45, 2.75) is 13.5 Å². The number of rotatable bonds is 9. The first-order valence-electron chi connectivity index (χ1n) is 10.2. The molecule has 2 N–H and O–H groups in total. The average Bonchev–Trinajstić information content (AvgIpc) is 2.84. The Labute approximate surface area is 188 Å². The number of carbonyl (C=O) groups excluding carboxylic acids is 1. The summed E-state index contributed by atoms with van der Waals surface area (Å²) in [5.41, 5.74) is 5.63. The molecule has 7 heteroatoms. The summed E-state index contributed by atoms with van der Waals surface area (Å²) in [4.78, 5) is 23.8. The molecule has 4 aromatic rings. The number of aromatic nitrogens is 3. The van der Waals surface area contributed by atoms with E-state index in [4.69, 9.17) is 4.74 Å². The molecule has 0 saturated carbocycles. The Morgan fingerprint density at radius 1 is 1.00 bits per heavy atom. The van der Waals surface area contributed by atoms with Gasteiger partial charge in [0.15, 0.2) is 6.29 Å². The third-order valence-corrected chi connectivity index (χ3v) is 4.78. The predicted octanol–water partition coefficient (Wildman–Crippen LogP) is 5.03. The molecule has 4 rings (SSSR count). The van der Waals surface area contributed by atoms with Gasteiger partial charge >= 0.3 is 0 Å². The Hall–Kier alpha value is -4.26. The number of anilines is 3. The number of hydrogen-bond acceptors (Lipinski definition) is 7. The molecule has 0 bridgehead atoms. The van der Waals surface area contributed by atoms with E-state index >= 15 is 0 Å². The Morgan fingerprint density at radius 2 is 1.81 bits per heavy atom. The topological polar surface area (TPSA) is 89.0 Å². The van der Waals surface area contributed by atoms with E-state index in [2.05, 4.69) is 25.6 Å². The second-order valence-corrected chi connectivity index (χ2v) is 7.15. The SMILES string of the molecule is Cc1ccc(Nc2nccc(-c3ccc(OCC=O)c(NCc4ccncc4)c3)n2)cc1.[HH]. The van der Waals surface area contributed by atoms with Crippen molar-refractivity contribution in [2.24, 2.45) is 0 Å². The summed E-state index contributed by atoms with van der Waals surface area (Å²) in [7, 11) is 0. The molecule has 0 spiro atoms. The summed E-state index contributed by atoms with van der Waals surface area (Å²) in [5.74, 6) is 1.11. The molecule has 162 valence electrons. The number of ether oxygens (including phenoxy) is 1. The van der Waals surface area contributed by atoms with Crippen molar-refractivity contribution in [3.05, 3.63) is 90.4 Å². The largest absolute Gasteiger partial charge is 0.484 e. The quantitative estimate of drug-likeness (QED) is 0.362. The summed E-state index contributed by atoms with van der Waals surface area (Å²) >= 11 is 0. The third-order valence-electron chi connectivity index (χ3n) is 4.78. The van der Waals surface area contributed by atoms with Crippen LogP contribution in [-0.2, 0) is 11.3 Å². The highest BCUT2D eigenvalue weighted by Crippen LogP contribution is 2.31. The fourth-order valence-corrected chi connectivity index (χ4v) is 3.12. The van der Waals surface area contributed by atoms with Crippen LogP contribution in [0.3, 0.4) is 0 Å². The molecule has 0 radical (unpaired) electrons. The number of hydrogen-bond donors (Lipinski definition) is 2. The van der Waals surface area contributed by atoms with E-state index in [1.807, 2.05) is 67.6 Å². The molecule has 2 heterocycles. The standard InChI is InChI=1S/C25H23N5O2.H2/c1-18-2-5-21(6-3-18)29-25-27-13-10-22(30-25)20-4-7-24(32-15-14-31)23(16-20)28-17-19-8-11-26-12-9-19;/h2-14,16,28H,15,17H2,1H3,(H,27,29,30);1H. The molecule has 0 atom stereocenters. The number of aldehydes is 1. The van der Waals surface area contributed by atoms with E-state index in [1.165, 1.54) is 5.56 Å². The fraction of sp³-hybridized carbons (Fsp3) is 0.120. The lowest BCUT2D eigenvalue weighted by Crippen LogP contribution is -2.05. The van der Waals surface area contributed by atoms with Crippen molar-refractivity contribution in [1.29, 1.82) is 0 Å². The summed E-state index contributed by atoms with van der Waals surface area (Å²) in [5, 5.41) is 6.62. The summed E-state index contributed by atoms with van der Waals surface area (Å²) in [6.07, 6.45) is 5.95. The normalized spacial score (nSPS) is 10.4. The van der Waals surface area contributed by atoms with Crippen LogP contribution in [-0.4, -0.2) is 27.8 Å². The Morgan fingerprint density at radius 3 is 2.59 bits per heavy atom. The molecule has 0 unspecified atom stereocenters. The predicted molar refractivity (Wildman–Crippen MR) is 127 cm³/mol. The van der Waals surface area contributed by atoms with Gasteiger partial charge in [0.1, 0.15) is 12.4 Å². The molecule has 2 aromatic carbocycles. The maximum Gasteiger partial charge on any atom is 0.227 e. The Balaban J connectivity index is 0.00000306. The number of benzene rings is 2. The summed E-state index contributed by atoms with van der Waals surface area (Å²) in [6, 6.07) is 19.5. The fourth-order valence-electron chi connectivity index (χ4n) is 3.12.